The Morgan fingerprint density at radius 2 is 2.06 bits per heavy atom. The molecule has 100 valence electrons. The number of carbonyl (C=O) groups is 3. The van der Waals surface area contributed by atoms with E-state index in [4.69, 9.17) is 4.74 Å². The molecule has 18 heavy (non-hydrogen) atoms. The van der Waals surface area contributed by atoms with Crippen LogP contribution in [0.1, 0.15) is 32.6 Å². The normalized spacial score (nSPS) is 27.9. The van der Waals surface area contributed by atoms with Gasteiger partial charge in [-0.25, -0.2) is 0 Å². The molecule has 0 unspecified atom stereocenters. The lowest BCUT2D eigenvalue weighted by Gasteiger charge is -2.24. The van der Waals surface area contributed by atoms with E-state index in [1.807, 2.05) is 6.92 Å². The second kappa shape index (κ2) is 5.06. The Morgan fingerprint density at radius 3 is 2.61 bits per heavy atom. The maximum atomic E-state index is 11.8. The van der Waals surface area contributed by atoms with Crippen LogP contribution in [0.2, 0.25) is 0 Å². The van der Waals surface area contributed by atoms with E-state index in [1.165, 1.54) is 4.90 Å². The first-order valence-electron chi connectivity index (χ1n) is 6.22. The summed E-state index contributed by atoms with van der Waals surface area (Å²) < 4.78 is 5.24. The largest absolute Gasteiger partial charge is 0.379 e. The number of rotatable bonds is 4. The van der Waals surface area contributed by atoms with E-state index < -0.39 is 0 Å². The fourth-order valence-electron chi connectivity index (χ4n) is 2.25. The van der Waals surface area contributed by atoms with Crippen molar-refractivity contribution < 1.29 is 19.1 Å². The van der Waals surface area contributed by atoms with E-state index in [1.54, 1.807) is 0 Å². The Morgan fingerprint density at radius 1 is 1.39 bits per heavy atom. The lowest BCUT2D eigenvalue weighted by atomic mass is 10.0. The van der Waals surface area contributed by atoms with Crippen LogP contribution in [0, 0.1) is 0 Å². The Kier molecular flexibility index (Phi) is 3.65. The highest BCUT2D eigenvalue weighted by Crippen LogP contribution is 2.18. The van der Waals surface area contributed by atoms with Crippen molar-refractivity contribution in [2.45, 2.75) is 38.1 Å². The minimum Gasteiger partial charge on any atom is -0.379 e. The molecule has 2 saturated heterocycles. The summed E-state index contributed by atoms with van der Waals surface area (Å²) in [4.78, 5) is 35.6. The van der Waals surface area contributed by atoms with Crippen molar-refractivity contribution in [1.82, 2.24) is 10.2 Å². The molecular formula is C12H18N2O4. The Hall–Kier alpha value is -1.43. The Balaban J connectivity index is 1.78. The summed E-state index contributed by atoms with van der Waals surface area (Å²) in [6.07, 6.45) is 1.49. The quantitative estimate of drug-likeness (QED) is 0.706. The van der Waals surface area contributed by atoms with Crippen LogP contribution in [-0.2, 0) is 19.1 Å². The van der Waals surface area contributed by atoms with Gasteiger partial charge in [-0.2, -0.15) is 0 Å². The summed E-state index contributed by atoms with van der Waals surface area (Å²) in [5, 5.41) is 2.90. The van der Waals surface area contributed by atoms with Gasteiger partial charge in [-0.1, -0.05) is 0 Å². The van der Waals surface area contributed by atoms with Crippen molar-refractivity contribution in [2.24, 2.45) is 0 Å². The molecule has 2 heterocycles. The van der Waals surface area contributed by atoms with Crippen molar-refractivity contribution in [3.63, 3.8) is 0 Å². The zero-order valence-corrected chi connectivity index (χ0v) is 10.5. The van der Waals surface area contributed by atoms with Crippen molar-refractivity contribution in [3.05, 3.63) is 0 Å². The number of carbonyl (C=O) groups excluding carboxylic acids is 3. The molecule has 1 N–H and O–H groups in total. The number of hydrogen-bond donors (Lipinski definition) is 1. The number of imide groups is 1. The highest BCUT2D eigenvalue weighted by atomic mass is 16.5. The predicted octanol–water partition coefficient (Wildman–Crippen LogP) is -0.179. The number of likely N-dealkylation sites (tertiary alicyclic amines) is 1. The van der Waals surface area contributed by atoms with E-state index in [9.17, 15) is 14.4 Å². The van der Waals surface area contributed by atoms with Gasteiger partial charge in [0.25, 0.3) is 0 Å². The zero-order chi connectivity index (χ0) is 13.2. The Bertz CT molecular complexity index is 358. The topological polar surface area (TPSA) is 75.7 Å². The van der Waals surface area contributed by atoms with Gasteiger partial charge < -0.3 is 10.1 Å². The first-order chi connectivity index (χ1) is 8.50. The zero-order valence-electron chi connectivity index (χ0n) is 10.5. The molecule has 2 aliphatic heterocycles. The van der Waals surface area contributed by atoms with Crippen LogP contribution in [0.3, 0.4) is 0 Å². The van der Waals surface area contributed by atoms with Crippen LogP contribution in [-0.4, -0.2) is 47.9 Å². The van der Waals surface area contributed by atoms with Crippen LogP contribution >= 0.6 is 0 Å². The lowest BCUT2D eigenvalue weighted by Crippen LogP contribution is -2.47. The number of amides is 3. The van der Waals surface area contributed by atoms with E-state index in [0.717, 1.165) is 6.42 Å². The van der Waals surface area contributed by atoms with Gasteiger partial charge in [-0.15, -0.1) is 0 Å². The van der Waals surface area contributed by atoms with Crippen molar-refractivity contribution in [1.29, 1.82) is 0 Å². The second-order valence-corrected chi connectivity index (χ2v) is 5.10. The van der Waals surface area contributed by atoms with E-state index in [2.05, 4.69) is 5.32 Å². The maximum Gasteiger partial charge on any atom is 0.229 e. The summed E-state index contributed by atoms with van der Waals surface area (Å²) in [6.45, 7) is 3.28. The molecule has 0 spiro atoms. The molecule has 0 radical (unpaired) electrons. The lowest BCUT2D eigenvalue weighted by molar-refractivity contribution is -0.138. The van der Waals surface area contributed by atoms with E-state index in [0.29, 0.717) is 13.2 Å². The molecule has 0 saturated carbocycles. The van der Waals surface area contributed by atoms with Crippen molar-refractivity contribution in [2.75, 3.05) is 19.8 Å². The fraction of sp³-hybridized carbons (Fsp3) is 0.750. The highest BCUT2D eigenvalue weighted by molar-refractivity contribution is 6.02. The summed E-state index contributed by atoms with van der Waals surface area (Å²) in [6, 6.07) is 0. The Labute approximate surface area is 106 Å². The monoisotopic (exact) mass is 254 g/mol. The summed E-state index contributed by atoms with van der Waals surface area (Å²) in [5.41, 5.74) is -0.309. The number of nitrogens with zero attached hydrogens (tertiary/aromatic N) is 1. The van der Waals surface area contributed by atoms with Gasteiger partial charge in [-0.3, -0.25) is 19.3 Å². The average Bonchev–Trinajstić information content (AvgIpc) is 2.85. The maximum absolute atomic E-state index is 11.8. The molecule has 0 aromatic carbocycles. The fourth-order valence-corrected chi connectivity index (χ4v) is 2.25. The number of ether oxygens (including phenoxy) is 1. The molecule has 0 aromatic heterocycles. The molecule has 3 amide bonds. The molecule has 2 fully saturated rings. The smallest absolute Gasteiger partial charge is 0.229 e. The molecule has 0 bridgehead atoms. The molecule has 6 nitrogen and oxygen atoms in total. The van der Waals surface area contributed by atoms with Crippen molar-refractivity contribution in [3.8, 4) is 0 Å². The highest BCUT2D eigenvalue weighted by Gasteiger charge is 2.32. The van der Waals surface area contributed by atoms with Crippen LogP contribution in [0.25, 0.3) is 0 Å². The molecule has 0 aliphatic carbocycles. The van der Waals surface area contributed by atoms with Gasteiger partial charge in [0.15, 0.2) is 0 Å². The number of hydrogen-bond acceptors (Lipinski definition) is 4. The van der Waals surface area contributed by atoms with Gasteiger partial charge >= 0.3 is 0 Å². The van der Waals surface area contributed by atoms with Gasteiger partial charge in [0, 0.05) is 32.4 Å². The first-order valence-corrected chi connectivity index (χ1v) is 6.22. The second-order valence-electron chi connectivity index (χ2n) is 5.10. The molecule has 1 atom stereocenters. The van der Waals surface area contributed by atoms with E-state index in [-0.39, 0.29) is 49.1 Å². The van der Waals surface area contributed by atoms with Crippen LogP contribution < -0.4 is 5.32 Å². The summed E-state index contributed by atoms with van der Waals surface area (Å²) >= 11 is 0. The SMILES string of the molecule is C[C@@]1(NC(=O)CCN2C(=O)CCC2=O)CCOC1. The molecule has 2 aliphatic rings. The van der Waals surface area contributed by atoms with Crippen LogP contribution in [0.15, 0.2) is 0 Å². The van der Waals surface area contributed by atoms with E-state index >= 15 is 0 Å². The number of nitrogens with one attached hydrogen (secondary N) is 1. The molecule has 2 rings (SSSR count). The standard InChI is InChI=1S/C12H18N2O4/c1-12(5-7-18-8-12)13-9(15)4-6-14-10(16)2-3-11(14)17/h2-8H2,1H3,(H,13,15)/t12-/m1/s1. The third-order valence-electron chi connectivity index (χ3n) is 3.38. The third kappa shape index (κ3) is 2.87. The summed E-state index contributed by atoms with van der Waals surface area (Å²) in [7, 11) is 0. The van der Waals surface area contributed by atoms with Crippen LogP contribution in [0.4, 0.5) is 0 Å². The average molecular weight is 254 g/mol. The summed E-state index contributed by atoms with van der Waals surface area (Å²) in [5.74, 6) is -0.498. The van der Waals surface area contributed by atoms with Gasteiger partial charge in [0.05, 0.1) is 12.1 Å². The minimum absolute atomic E-state index is 0.143. The minimum atomic E-state index is -0.309. The predicted molar refractivity (Wildman–Crippen MR) is 62.6 cm³/mol. The third-order valence-corrected chi connectivity index (χ3v) is 3.38. The van der Waals surface area contributed by atoms with Gasteiger partial charge in [0.1, 0.15) is 0 Å². The molecule has 6 heteroatoms. The first kappa shape index (κ1) is 13.0. The van der Waals surface area contributed by atoms with Crippen LogP contribution in [0.5, 0.6) is 0 Å². The van der Waals surface area contributed by atoms with Gasteiger partial charge in [-0.05, 0) is 13.3 Å². The van der Waals surface area contributed by atoms with Gasteiger partial charge in [0.2, 0.25) is 17.7 Å². The molecular weight excluding hydrogens is 236 g/mol. The van der Waals surface area contributed by atoms with Crippen molar-refractivity contribution >= 4 is 17.7 Å². The molecule has 0 aromatic rings.